The van der Waals surface area contributed by atoms with E-state index in [1.54, 1.807) is 6.08 Å². The molecule has 0 saturated heterocycles. The van der Waals surface area contributed by atoms with E-state index in [2.05, 4.69) is 32.1 Å². The van der Waals surface area contributed by atoms with Gasteiger partial charge in [-0.2, -0.15) is 0 Å². The zero-order valence-electron chi connectivity index (χ0n) is 35.6. The number of ether oxygens (including phenoxy) is 2. The van der Waals surface area contributed by atoms with Crippen molar-refractivity contribution in [1.29, 1.82) is 0 Å². The molecule has 0 aliphatic rings. The molecule has 0 N–H and O–H groups in total. The second-order valence-corrected chi connectivity index (χ2v) is 17.1. The number of phosphoric ester groups is 1. The largest absolute Gasteiger partial charge is 0.756 e. The molecule has 0 aliphatic heterocycles. The summed E-state index contributed by atoms with van der Waals surface area (Å²) in [5.74, 6) is -0.817. The third-order valence-corrected chi connectivity index (χ3v) is 10.1. The average molecular weight is 798 g/mol. The van der Waals surface area contributed by atoms with Crippen molar-refractivity contribution in [3.8, 4) is 0 Å². The van der Waals surface area contributed by atoms with Crippen LogP contribution in [0.3, 0.4) is 0 Å². The van der Waals surface area contributed by atoms with Crippen LogP contribution in [0.15, 0.2) is 36.5 Å². The maximum Gasteiger partial charge on any atom is 0.306 e. The number of unbranched alkanes of at least 4 members (excludes halogenated alkanes) is 18. The third kappa shape index (κ3) is 39.9. The molecule has 0 rings (SSSR count). The Balaban J connectivity index is 4.46. The number of phosphoric acid groups is 1. The van der Waals surface area contributed by atoms with Gasteiger partial charge < -0.3 is 27.9 Å². The van der Waals surface area contributed by atoms with Crippen molar-refractivity contribution >= 4 is 25.5 Å². The molecule has 0 aromatic carbocycles. The van der Waals surface area contributed by atoms with Gasteiger partial charge in [-0.3, -0.25) is 18.9 Å². The monoisotopic (exact) mass is 798 g/mol. The molecule has 0 amide bonds. The van der Waals surface area contributed by atoms with Gasteiger partial charge in [0.15, 0.2) is 11.9 Å². The number of allylic oxidation sites excluding steroid dienone is 6. The number of esters is 2. The topological polar surface area (TPSA) is 128 Å². The number of rotatable bonds is 39. The van der Waals surface area contributed by atoms with Crippen LogP contribution >= 0.6 is 7.82 Å². The van der Waals surface area contributed by atoms with Crippen LogP contribution in [0, 0.1) is 0 Å². The van der Waals surface area contributed by atoms with Crippen LogP contribution in [-0.2, 0) is 37.5 Å². The van der Waals surface area contributed by atoms with Crippen molar-refractivity contribution in [2.75, 3.05) is 47.5 Å². The van der Waals surface area contributed by atoms with Gasteiger partial charge in [0.1, 0.15) is 19.8 Å². The Morgan fingerprint density at radius 3 is 1.69 bits per heavy atom. The summed E-state index contributed by atoms with van der Waals surface area (Å²) in [4.78, 5) is 49.5. The van der Waals surface area contributed by atoms with Gasteiger partial charge in [-0.05, 0) is 63.9 Å². The van der Waals surface area contributed by atoms with Gasteiger partial charge in [0.05, 0.1) is 27.7 Å². The van der Waals surface area contributed by atoms with Gasteiger partial charge >= 0.3 is 11.9 Å². The minimum absolute atomic E-state index is 0.0539. The fourth-order valence-corrected chi connectivity index (χ4v) is 6.36. The molecule has 0 radical (unpaired) electrons. The van der Waals surface area contributed by atoms with Gasteiger partial charge in [-0.15, -0.1) is 0 Å². The predicted molar refractivity (Wildman–Crippen MR) is 222 cm³/mol. The van der Waals surface area contributed by atoms with Gasteiger partial charge in [0.2, 0.25) is 0 Å². The number of hydrogen-bond donors (Lipinski definition) is 0. The third-order valence-electron chi connectivity index (χ3n) is 9.11. The molecule has 0 bridgehead atoms. The molecular formula is C44H80NO9P. The molecule has 0 aromatic heterocycles. The minimum atomic E-state index is -4.65. The van der Waals surface area contributed by atoms with E-state index in [1.165, 1.54) is 70.6 Å². The average Bonchev–Trinajstić information content (AvgIpc) is 3.12. The highest BCUT2D eigenvalue weighted by atomic mass is 31.2. The van der Waals surface area contributed by atoms with E-state index in [4.69, 9.17) is 18.5 Å². The quantitative estimate of drug-likeness (QED) is 0.0113. The Labute approximate surface area is 336 Å². The van der Waals surface area contributed by atoms with E-state index < -0.39 is 32.5 Å². The van der Waals surface area contributed by atoms with E-state index in [1.807, 2.05) is 33.3 Å². The lowest BCUT2D eigenvalue weighted by Gasteiger charge is -2.28. The smallest absolute Gasteiger partial charge is 0.306 e. The molecule has 55 heavy (non-hydrogen) atoms. The second-order valence-electron chi connectivity index (χ2n) is 15.7. The predicted octanol–water partition coefficient (Wildman–Crippen LogP) is 10.7. The molecule has 10 nitrogen and oxygen atoms in total. The maximum absolute atomic E-state index is 12.7. The molecule has 11 heteroatoms. The van der Waals surface area contributed by atoms with Gasteiger partial charge in [-0.1, -0.05) is 128 Å². The lowest BCUT2D eigenvalue weighted by atomic mass is 10.1. The Morgan fingerprint density at radius 2 is 1.09 bits per heavy atom. The lowest BCUT2D eigenvalue weighted by Crippen LogP contribution is -2.37. The summed E-state index contributed by atoms with van der Waals surface area (Å²) < 4.78 is 33.8. The van der Waals surface area contributed by atoms with Gasteiger partial charge in [-0.25, -0.2) is 0 Å². The number of quaternary nitrogens is 1. The lowest BCUT2D eigenvalue weighted by molar-refractivity contribution is -0.870. The molecule has 1 unspecified atom stereocenters. The van der Waals surface area contributed by atoms with Crippen molar-refractivity contribution in [2.45, 2.75) is 180 Å². The molecule has 0 spiro atoms. The summed E-state index contributed by atoms with van der Waals surface area (Å²) in [6.07, 6.45) is 35.6. The number of likely N-dealkylation sites (N-methyl/N-ethyl adjacent to an activating group) is 1. The van der Waals surface area contributed by atoms with Crippen molar-refractivity contribution in [2.24, 2.45) is 0 Å². The summed E-state index contributed by atoms with van der Waals surface area (Å²) in [6.45, 7) is 4.01. The molecule has 0 saturated carbocycles. The van der Waals surface area contributed by atoms with Crippen molar-refractivity contribution in [3.63, 3.8) is 0 Å². The maximum atomic E-state index is 12.7. The number of hydrogen-bond acceptors (Lipinski definition) is 9. The number of carbonyl (C=O) groups excluding carboxylic acids is 3. The van der Waals surface area contributed by atoms with Crippen LogP contribution < -0.4 is 4.89 Å². The first-order valence-electron chi connectivity index (χ1n) is 21.6. The van der Waals surface area contributed by atoms with E-state index in [9.17, 15) is 23.8 Å². The zero-order valence-corrected chi connectivity index (χ0v) is 36.5. The SMILES string of the molecule is CCCCC/C=C\C=C\C(=O)CCCCCCCC(=O)O[C@H](COC(=O)CCCCCCCCC/C=C\CCCCCC)COP(=O)([O-])OCC[N+](C)(C)C. The van der Waals surface area contributed by atoms with Crippen molar-refractivity contribution < 1.29 is 46.8 Å². The fourth-order valence-electron chi connectivity index (χ4n) is 5.63. The molecular weight excluding hydrogens is 717 g/mol. The van der Waals surface area contributed by atoms with Crippen molar-refractivity contribution in [3.05, 3.63) is 36.5 Å². The minimum Gasteiger partial charge on any atom is -0.756 e. The summed E-state index contributed by atoms with van der Waals surface area (Å²) in [5, 5.41) is 0. The molecule has 0 aromatic rings. The molecule has 320 valence electrons. The summed E-state index contributed by atoms with van der Waals surface area (Å²) in [6, 6.07) is 0. The normalized spacial score (nSPS) is 13.9. The Bertz CT molecular complexity index is 1100. The highest BCUT2D eigenvalue weighted by Gasteiger charge is 2.21. The summed E-state index contributed by atoms with van der Waals surface area (Å²) in [7, 11) is 1.09. The molecule has 2 atom stereocenters. The van der Waals surface area contributed by atoms with Crippen LogP contribution in [0.4, 0.5) is 0 Å². The van der Waals surface area contributed by atoms with Crippen LogP contribution in [0.2, 0.25) is 0 Å². The van der Waals surface area contributed by atoms with E-state index >= 15 is 0 Å². The van der Waals surface area contributed by atoms with Gasteiger partial charge in [0.25, 0.3) is 7.82 Å². The first-order valence-corrected chi connectivity index (χ1v) is 23.1. The van der Waals surface area contributed by atoms with Crippen LogP contribution in [0.1, 0.15) is 174 Å². The first-order chi connectivity index (χ1) is 26.4. The first kappa shape index (κ1) is 52.9. The van der Waals surface area contributed by atoms with E-state index in [0.29, 0.717) is 30.3 Å². The molecule has 0 fully saturated rings. The fraction of sp³-hybridized carbons (Fsp3) is 0.795. The van der Waals surface area contributed by atoms with E-state index in [-0.39, 0.29) is 31.8 Å². The highest BCUT2D eigenvalue weighted by molar-refractivity contribution is 7.45. The number of carbonyl (C=O) groups is 3. The Kier molecular flexibility index (Phi) is 34.9. The molecule has 0 aliphatic carbocycles. The highest BCUT2D eigenvalue weighted by Crippen LogP contribution is 2.38. The number of ketones is 1. The second kappa shape index (κ2) is 36.3. The summed E-state index contributed by atoms with van der Waals surface area (Å²) in [5.41, 5.74) is 0. The number of nitrogens with zero attached hydrogens (tertiary/aromatic N) is 1. The van der Waals surface area contributed by atoms with Crippen LogP contribution in [0.25, 0.3) is 0 Å². The van der Waals surface area contributed by atoms with Crippen molar-refractivity contribution in [1.82, 2.24) is 0 Å². The van der Waals surface area contributed by atoms with E-state index in [0.717, 1.165) is 57.8 Å². The zero-order chi connectivity index (χ0) is 40.9. The summed E-state index contributed by atoms with van der Waals surface area (Å²) >= 11 is 0. The Hall–Kier alpha value is -2.10. The van der Waals surface area contributed by atoms with Gasteiger partial charge in [0, 0.05) is 19.3 Å². The van der Waals surface area contributed by atoms with Crippen LogP contribution in [-0.4, -0.2) is 75.8 Å². The standard InChI is InChI=1S/C44H80NO9P/c1-6-8-10-12-14-15-16-17-18-19-20-21-23-27-31-35-43(47)51-39-42(40-53-55(49,50)52-38-37-45(3,4)5)54-44(48)36-32-28-24-26-30-34-41(46)33-29-25-22-13-11-9-7-2/h15-16,22,25,29,33,42H,6-14,17-21,23-24,26-28,30-32,34-40H2,1-5H3/b16-15-,25-22-,33-29+/t42-/m1/s1. The van der Waals surface area contributed by atoms with Crippen LogP contribution in [0.5, 0.6) is 0 Å². The molecule has 0 heterocycles. The Morgan fingerprint density at radius 1 is 0.600 bits per heavy atom.